The van der Waals surface area contributed by atoms with Crippen LogP contribution in [0.15, 0.2) is 29.3 Å². The highest BCUT2D eigenvalue weighted by Crippen LogP contribution is 2.11. The van der Waals surface area contributed by atoms with Gasteiger partial charge in [0.2, 0.25) is 5.91 Å². The number of guanidine groups is 1. The molecular weight excluding hydrogens is 364 g/mol. The van der Waals surface area contributed by atoms with E-state index in [1.54, 1.807) is 0 Å². The summed E-state index contributed by atoms with van der Waals surface area (Å²) in [7, 11) is -2.97. The fraction of sp³-hybridized carbons (Fsp3) is 0.579. The van der Waals surface area contributed by atoms with Gasteiger partial charge in [0.15, 0.2) is 5.96 Å². The molecular formula is C19H32N4O3S. The minimum absolute atomic E-state index is 0.00585. The van der Waals surface area contributed by atoms with E-state index < -0.39 is 9.84 Å². The summed E-state index contributed by atoms with van der Waals surface area (Å²) in [6.07, 6.45) is 3.10. The van der Waals surface area contributed by atoms with Crippen LogP contribution in [0.1, 0.15) is 45.6 Å². The normalized spacial score (nSPS) is 13.1. The Morgan fingerprint density at radius 2 is 1.85 bits per heavy atom. The maximum atomic E-state index is 11.6. The van der Waals surface area contributed by atoms with Crippen LogP contribution >= 0.6 is 0 Å². The summed E-state index contributed by atoms with van der Waals surface area (Å²) in [5, 5.41) is 9.25. The second-order valence-corrected chi connectivity index (χ2v) is 8.91. The summed E-state index contributed by atoms with van der Waals surface area (Å²) < 4.78 is 22.6. The Morgan fingerprint density at radius 1 is 1.19 bits per heavy atom. The summed E-state index contributed by atoms with van der Waals surface area (Å²) in [6, 6.07) is 7.60. The smallest absolute Gasteiger partial charge is 0.224 e. The van der Waals surface area contributed by atoms with E-state index in [9.17, 15) is 13.2 Å². The molecule has 3 N–H and O–H groups in total. The molecule has 7 nitrogen and oxygen atoms in total. The second kappa shape index (κ2) is 11.6. The van der Waals surface area contributed by atoms with Crippen LogP contribution < -0.4 is 16.0 Å². The minimum atomic E-state index is -2.97. The van der Waals surface area contributed by atoms with Crippen LogP contribution in [0, 0.1) is 0 Å². The van der Waals surface area contributed by atoms with E-state index >= 15 is 0 Å². The lowest BCUT2D eigenvalue weighted by atomic mass is 10.2. The molecule has 0 saturated carbocycles. The number of carbonyl (C=O) groups excluding carboxylic acids is 1. The first-order valence-electron chi connectivity index (χ1n) is 9.34. The first kappa shape index (κ1) is 23.0. The van der Waals surface area contributed by atoms with Crippen molar-refractivity contribution < 1.29 is 13.2 Å². The first-order valence-corrected chi connectivity index (χ1v) is 11.4. The van der Waals surface area contributed by atoms with Crippen molar-refractivity contribution in [2.75, 3.05) is 23.9 Å². The van der Waals surface area contributed by atoms with Crippen LogP contribution in [-0.4, -0.2) is 44.9 Å². The lowest BCUT2D eigenvalue weighted by molar-refractivity contribution is -0.116. The Morgan fingerprint density at radius 3 is 2.41 bits per heavy atom. The van der Waals surface area contributed by atoms with Crippen LogP contribution in [-0.2, 0) is 21.2 Å². The van der Waals surface area contributed by atoms with E-state index in [-0.39, 0.29) is 17.7 Å². The minimum Gasteiger partial charge on any atom is -0.357 e. The molecule has 0 aliphatic carbocycles. The highest BCUT2D eigenvalue weighted by atomic mass is 32.2. The number of hydrogen-bond acceptors (Lipinski definition) is 4. The number of hydrogen-bond donors (Lipinski definition) is 3. The molecule has 0 aliphatic rings. The number of carbonyl (C=O) groups is 1. The number of aliphatic imine (C=N–C) groups is 1. The van der Waals surface area contributed by atoms with Crippen LogP contribution in [0.2, 0.25) is 0 Å². The molecule has 0 aliphatic heterocycles. The van der Waals surface area contributed by atoms with Gasteiger partial charge in [-0.3, -0.25) is 4.79 Å². The molecule has 0 spiro atoms. The van der Waals surface area contributed by atoms with E-state index in [0.717, 1.165) is 17.7 Å². The quantitative estimate of drug-likeness (QED) is 0.416. The molecule has 1 atom stereocenters. The van der Waals surface area contributed by atoms with E-state index in [4.69, 9.17) is 0 Å². The van der Waals surface area contributed by atoms with E-state index in [1.807, 2.05) is 45.0 Å². The predicted molar refractivity (Wildman–Crippen MR) is 112 cm³/mol. The fourth-order valence-electron chi connectivity index (χ4n) is 2.33. The highest BCUT2D eigenvalue weighted by Gasteiger charge is 2.09. The van der Waals surface area contributed by atoms with Crippen LogP contribution in [0.4, 0.5) is 5.69 Å². The molecule has 0 heterocycles. The van der Waals surface area contributed by atoms with Crippen molar-refractivity contribution in [1.82, 2.24) is 10.6 Å². The van der Waals surface area contributed by atoms with Crippen molar-refractivity contribution >= 4 is 27.4 Å². The second-order valence-electron chi connectivity index (χ2n) is 6.65. The summed E-state index contributed by atoms with van der Waals surface area (Å²) in [5.74, 6) is 0.815. The number of amides is 1. The number of sulfone groups is 1. The van der Waals surface area contributed by atoms with Gasteiger partial charge in [0.1, 0.15) is 9.84 Å². The molecule has 0 aromatic heterocycles. The van der Waals surface area contributed by atoms with Gasteiger partial charge in [0.25, 0.3) is 0 Å². The number of anilines is 1. The first-order chi connectivity index (χ1) is 12.7. The maximum Gasteiger partial charge on any atom is 0.224 e. The van der Waals surface area contributed by atoms with Crippen molar-refractivity contribution in [1.29, 1.82) is 0 Å². The van der Waals surface area contributed by atoms with Gasteiger partial charge < -0.3 is 16.0 Å². The zero-order valence-corrected chi connectivity index (χ0v) is 17.5. The molecule has 27 heavy (non-hydrogen) atoms. The van der Waals surface area contributed by atoms with Gasteiger partial charge in [-0.2, -0.15) is 0 Å². The fourth-order valence-corrected chi connectivity index (χ4v) is 3.11. The number of nitrogens with one attached hydrogen (secondary N) is 3. The highest BCUT2D eigenvalue weighted by molar-refractivity contribution is 7.90. The molecule has 152 valence electrons. The zero-order valence-electron chi connectivity index (χ0n) is 16.7. The third-order valence-corrected chi connectivity index (χ3v) is 4.76. The molecule has 1 aromatic rings. The van der Waals surface area contributed by atoms with Crippen LogP contribution in [0.5, 0.6) is 0 Å². The van der Waals surface area contributed by atoms with E-state index in [1.165, 1.54) is 6.26 Å². The lowest BCUT2D eigenvalue weighted by Gasteiger charge is -2.17. The Bertz CT molecular complexity index is 715. The Labute approximate surface area is 163 Å². The van der Waals surface area contributed by atoms with Gasteiger partial charge >= 0.3 is 0 Å². The summed E-state index contributed by atoms with van der Waals surface area (Å²) >= 11 is 0. The lowest BCUT2D eigenvalue weighted by Crippen LogP contribution is -2.42. The predicted octanol–water partition coefficient (Wildman–Crippen LogP) is 2.30. The summed E-state index contributed by atoms with van der Waals surface area (Å²) in [4.78, 5) is 16.2. The number of nitrogens with zero attached hydrogens (tertiary/aromatic N) is 1. The largest absolute Gasteiger partial charge is 0.357 e. The molecule has 1 rings (SSSR count). The van der Waals surface area contributed by atoms with Crippen molar-refractivity contribution in [2.24, 2.45) is 4.99 Å². The van der Waals surface area contributed by atoms with Gasteiger partial charge in [-0.15, -0.1) is 0 Å². The van der Waals surface area contributed by atoms with Crippen molar-refractivity contribution in [3.63, 3.8) is 0 Å². The number of benzene rings is 1. The molecule has 0 bridgehead atoms. The number of rotatable bonds is 10. The van der Waals surface area contributed by atoms with Crippen LogP contribution in [0.3, 0.4) is 0 Å². The summed E-state index contributed by atoms with van der Waals surface area (Å²) in [6.45, 7) is 7.08. The average molecular weight is 397 g/mol. The topological polar surface area (TPSA) is 99.7 Å². The zero-order chi connectivity index (χ0) is 20.3. The molecule has 1 aromatic carbocycles. The van der Waals surface area contributed by atoms with Gasteiger partial charge in [-0.25, -0.2) is 13.4 Å². The van der Waals surface area contributed by atoms with Crippen molar-refractivity contribution in [2.45, 2.75) is 52.6 Å². The maximum absolute atomic E-state index is 11.6. The van der Waals surface area contributed by atoms with E-state index in [2.05, 4.69) is 20.9 Å². The standard InChI is InChI=1S/C19H32N4O3S/c1-5-7-18(24)23-17-10-8-16(9-11-17)14-21-19(20-6-2)22-15(3)12-13-27(4,25)26/h8-11,15H,5-7,12-14H2,1-4H3,(H,23,24)(H2,20,21,22). The Hall–Kier alpha value is -2.09. The van der Waals surface area contributed by atoms with Gasteiger partial charge in [0, 0.05) is 31.0 Å². The third kappa shape index (κ3) is 10.6. The van der Waals surface area contributed by atoms with Crippen molar-refractivity contribution in [3.05, 3.63) is 29.8 Å². The average Bonchev–Trinajstić information content (AvgIpc) is 2.59. The molecule has 0 fully saturated rings. The monoisotopic (exact) mass is 396 g/mol. The van der Waals surface area contributed by atoms with E-state index in [0.29, 0.717) is 31.9 Å². The van der Waals surface area contributed by atoms with Gasteiger partial charge in [-0.05, 0) is 44.4 Å². The Kier molecular flexibility index (Phi) is 9.85. The summed E-state index contributed by atoms with van der Waals surface area (Å²) in [5.41, 5.74) is 1.80. The third-order valence-electron chi connectivity index (χ3n) is 3.78. The molecule has 8 heteroatoms. The molecule has 0 radical (unpaired) electrons. The van der Waals surface area contributed by atoms with Crippen LogP contribution in [0.25, 0.3) is 0 Å². The molecule has 1 unspecified atom stereocenters. The van der Waals surface area contributed by atoms with Gasteiger partial charge in [0.05, 0.1) is 12.3 Å². The molecule has 0 saturated heterocycles. The Balaban J connectivity index is 2.62. The molecule has 1 amide bonds. The van der Waals surface area contributed by atoms with Gasteiger partial charge in [-0.1, -0.05) is 19.1 Å². The SMILES string of the molecule is CCCC(=O)Nc1ccc(CN=C(NCC)NC(C)CCS(C)(=O)=O)cc1. The van der Waals surface area contributed by atoms with Crippen molar-refractivity contribution in [3.8, 4) is 0 Å².